The van der Waals surface area contributed by atoms with E-state index >= 15 is 0 Å². The second-order valence-electron chi connectivity index (χ2n) is 6.02. The van der Waals surface area contributed by atoms with Gasteiger partial charge < -0.3 is 15.0 Å². The van der Waals surface area contributed by atoms with Gasteiger partial charge in [0, 0.05) is 28.0 Å². The van der Waals surface area contributed by atoms with E-state index in [-0.39, 0.29) is 12.5 Å². The van der Waals surface area contributed by atoms with Gasteiger partial charge in [-0.2, -0.15) is 5.26 Å². The zero-order valence-corrected chi connectivity index (χ0v) is 14.9. The van der Waals surface area contributed by atoms with Gasteiger partial charge in [0.25, 0.3) is 5.91 Å². The molecule has 132 valence electrons. The Kier molecular flexibility index (Phi) is 4.41. The molecule has 6 heteroatoms. The second kappa shape index (κ2) is 7.02. The van der Waals surface area contributed by atoms with Crippen molar-refractivity contribution in [3.05, 3.63) is 71.2 Å². The molecule has 1 heterocycles. The third-order valence-corrected chi connectivity index (χ3v) is 4.53. The summed E-state index contributed by atoms with van der Waals surface area (Å²) in [6.07, 6.45) is 0. The summed E-state index contributed by atoms with van der Waals surface area (Å²) in [6.45, 7) is -0.136. The molecule has 0 atom stereocenters. The molecule has 1 aromatic heterocycles. The molecule has 0 unspecified atom stereocenters. The Labute approximate surface area is 160 Å². The number of hydrogen-bond acceptors (Lipinski definition) is 3. The summed E-state index contributed by atoms with van der Waals surface area (Å²) in [6, 6.07) is 20.4. The van der Waals surface area contributed by atoms with Gasteiger partial charge in [0.1, 0.15) is 11.8 Å². The maximum Gasteiger partial charge on any atom is 0.262 e. The van der Waals surface area contributed by atoms with E-state index in [0.717, 1.165) is 21.8 Å². The van der Waals surface area contributed by atoms with Crippen LogP contribution in [-0.4, -0.2) is 17.5 Å². The zero-order valence-electron chi connectivity index (χ0n) is 14.1. The number of anilines is 1. The topological polar surface area (TPSA) is 77.9 Å². The smallest absolute Gasteiger partial charge is 0.262 e. The summed E-state index contributed by atoms with van der Waals surface area (Å²) in [4.78, 5) is 15.4. The van der Waals surface area contributed by atoms with E-state index in [1.165, 1.54) is 6.07 Å². The second-order valence-corrected chi connectivity index (χ2v) is 6.43. The van der Waals surface area contributed by atoms with E-state index in [0.29, 0.717) is 22.0 Å². The van der Waals surface area contributed by atoms with Crippen molar-refractivity contribution in [2.75, 3.05) is 11.9 Å². The third-order valence-electron chi connectivity index (χ3n) is 4.22. The van der Waals surface area contributed by atoms with E-state index in [1.54, 1.807) is 12.1 Å². The van der Waals surface area contributed by atoms with Crippen molar-refractivity contribution < 1.29 is 9.53 Å². The molecular formula is C21H14ClN3O2. The van der Waals surface area contributed by atoms with Crippen molar-refractivity contribution >= 4 is 45.0 Å². The molecule has 0 aliphatic carbocycles. The molecule has 5 nitrogen and oxygen atoms in total. The average molecular weight is 376 g/mol. The normalized spacial score (nSPS) is 10.7. The van der Waals surface area contributed by atoms with Crippen LogP contribution in [0, 0.1) is 11.3 Å². The first-order chi connectivity index (χ1) is 13.1. The van der Waals surface area contributed by atoms with Gasteiger partial charge in [-0.1, -0.05) is 29.8 Å². The summed E-state index contributed by atoms with van der Waals surface area (Å²) in [5.41, 5.74) is 2.88. The number of rotatable bonds is 4. The Balaban J connectivity index is 1.45. The van der Waals surface area contributed by atoms with Gasteiger partial charge in [0.2, 0.25) is 0 Å². The van der Waals surface area contributed by atoms with Crippen LogP contribution in [0.1, 0.15) is 5.56 Å². The van der Waals surface area contributed by atoms with E-state index in [2.05, 4.69) is 16.4 Å². The van der Waals surface area contributed by atoms with Crippen LogP contribution in [0.4, 0.5) is 5.69 Å². The van der Waals surface area contributed by atoms with Gasteiger partial charge in [0.05, 0.1) is 16.1 Å². The summed E-state index contributed by atoms with van der Waals surface area (Å²) in [7, 11) is 0. The number of nitriles is 1. The molecule has 0 saturated heterocycles. The van der Waals surface area contributed by atoms with Gasteiger partial charge in [-0.15, -0.1) is 0 Å². The number of amides is 1. The minimum atomic E-state index is -0.312. The zero-order chi connectivity index (χ0) is 18.8. The van der Waals surface area contributed by atoms with Crippen LogP contribution >= 0.6 is 11.6 Å². The molecule has 3 aromatic carbocycles. The number of ether oxygens (including phenoxy) is 1. The molecule has 0 fully saturated rings. The van der Waals surface area contributed by atoms with Gasteiger partial charge in [0.15, 0.2) is 6.61 Å². The number of benzene rings is 3. The Morgan fingerprint density at radius 1 is 1.07 bits per heavy atom. The van der Waals surface area contributed by atoms with Gasteiger partial charge in [-0.25, -0.2) is 0 Å². The highest BCUT2D eigenvalue weighted by molar-refractivity contribution is 6.32. The fourth-order valence-electron chi connectivity index (χ4n) is 2.95. The number of H-pyrrole nitrogens is 1. The monoisotopic (exact) mass is 375 g/mol. The first-order valence-electron chi connectivity index (χ1n) is 8.27. The van der Waals surface area contributed by atoms with Crippen LogP contribution in [0.2, 0.25) is 5.02 Å². The minimum Gasteiger partial charge on any atom is -0.484 e. The number of fused-ring (bicyclic) bond motifs is 3. The molecule has 0 saturated carbocycles. The molecule has 4 aromatic rings. The summed E-state index contributed by atoms with van der Waals surface area (Å²) >= 11 is 5.97. The lowest BCUT2D eigenvalue weighted by Gasteiger charge is -2.08. The van der Waals surface area contributed by atoms with Gasteiger partial charge in [-0.3, -0.25) is 4.79 Å². The quantitative estimate of drug-likeness (QED) is 0.534. The lowest BCUT2D eigenvalue weighted by atomic mass is 10.1. The molecule has 2 N–H and O–H groups in total. The standard InChI is InChI=1S/C21H14ClN3O2/c22-18-9-14(6-5-13(18)11-23)24-21(26)12-27-15-7-8-17-16-3-1-2-4-19(16)25-20(17)10-15/h1-10,25H,12H2,(H,24,26). The van der Waals surface area contributed by atoms with Crippen molar-refractivity contribution in [1.29, 1.82) is 5.26 Å². The number of nitrogens with one attached hydrogen (secondary N) is 2. The molecular weight excluding hydrogens is 362 g/mol. The number of halogens is 1. The Morgan fingerprint density at radius 3 is 2.70 bits per heavy atom. The highest BCUT2D eigenvalue weighted by atomic mass is 35.5. The molecule has 0 aliphatic heterocycles. The SMILES string of the molecule is N#Cc1ccc(NC(=O)COc2ccc3c(c2)[nH]c2ccccc23)cc1Cl. The Hall–Kier alpha value is -3.49. The molecule has 0 bridgehead atoms. The first kappa shape index (κ1) is 17.0. The minimum absolute atomic E-state index is 0.136. The predicted molar refractivity (Wildman–Crippen MR) is 106 cm³/mol. The number of carbonyl (C=O) groups is 1. The largest absolute Gasteiger partial charge is 0.484 e. The van der Waals surface area contributed by atoms with E-state index in [4.69, 9.17) is 21.6 Å². The van der Waals surface area contributed by atoms with E-state index < -0.39 is 0 Å². The molecule has 27 heavy (non-hydrogen) atoms. The maximum atomic E-state index is 12.1. The molecule has 0 spiro atoms. The van der Waals surface area contributed by atoms with E-state index in [9.17, 15) is 4.79 Å². The lowest BCUT2D eigenvalue weighted by molar-refractivity contribution is -0.118. The number of para-hydroxylation sites is 1. The van der Waals surface area contributed by atoms with Crippen molar-refractivity contribution in [2.24, 2.45) is 0 Å². The Morgan fingerprint density at radius 2 is 1.89 bits per heavy atom. The van der Waals surface area contributed by atoms with Crippen molar-refractivity contribution in [3.8, 4) is 11.8 Å². The molecule has 1 amide bonds. The van der Waals surface area contributed by atoms with Gasteiger partial charge >= 0.3 is 0 Å². The van der Waals surface area contributed by atoms with E-state index in [1.807, 2.05) is 42.5 Å². The van der Waals surface area contributed by atoms with Crippen molar-refractivity contribution in [1.82, 2.24) is 4.98 Å². The Bertz CT molecular complexity index is 1210. The highest BCUT2D eigenvalue weighted by Gasteiger charge is 2.08. The van der Waals surface area contributed by atoms with Crippen LogP contribution in [0.3, 0.4) is 0 Å². The highest BCUT2D eigenvalue weighted by Crippen LogP contribution is 2.28. The number of hydrogen-bond donors (Lipinski definition) is 2. The van der Waals surface area contributed by atoms with Crippen LogP contribution in [-0.2, 0) is 4.79 Å². The van der Waals surface area contributed by atoms with Crippen LogP contribution < -0.4 is 10.1 Å². The maximum absolute atomic E-state index is 12.1. The van der Waals surface area contributed by atoms with Crippen molar-refractivity contribution in [3.63, 3.8) is 0 Å². The van der Waals surface area contributed by atoms with Crippen molar-refractivity contribution in [2.45, 2.75) is 0 Å². The third kappa shape index (κ3) is 3.43. The fourth-order valence-corrected chi connectivity index (χ4v) is 3.18. The molecule has 0 aliphatic rings. The van der Waals surface area contributed by atoms with Gasteiger partial charge in [-0.05, 0) is 36.4 Å². The fraction of sp³-hybridized carbons (Fsp3) is 0.0476. The molecule has 4 rings (SSSR count). The summed E-state index contributed by atoms with van der Waals surface area (Å²) < 4.78 is 5.60. The molecule has 0 radical (unpaired) electrons. The summed E-state index contributed by atoms with van der Waals surface area (Å²) in [5, 5.41) is 14.1. The van der Waals surface area contributed by atoms with Crippen LogP contribution in [0.5, 0.6) is 5.75 Å². The van der Waals surface area contributed by atoms with Crippen LogP contribution in [0.15, 0.2) is 60.7 Å². The predicted octanol–water partition coefficient (Wildman–Crippen LogP) is 4.86. The average Bonchev–Trinajstić information content (AvgIpc) is 3.04. The number of aromatic nitrogens is 1. The summed E-state index contributed by atoms with van der Waals surface area (Å²) in [5.74, 6) is 0.287. The number of nitrogens with zero attached hydrogens (tertiary/aromatic N) is 1. The van der Waals surface area contributed by atoms with Crippen LogP contribution in [0.25, 0.3) is 21.8 Å². The lowest BCUT2D eigenvalue weighted by Crippen LogP contribution is -2.20. The number of aromatic amines is 1. The number of carbonyl (C=O) groups excluding carboxylic acids is 1. The first-order valence-corrected chi connectivity index (χ1v) is 8.64.